The van der Waals surface area contributed by atoms with E-state index in [1.165, 1.54) is 12.0 Å². The SMILES string of the molecule is COC(=O)[C@H]1C[C@@H](Oc2cccc(OC)c2)CN1C(=O)OC(C)(C)C. The van der Waals surface area contributed by atoms with Crippen LogP contribution in [0.25, 0.3) is 0 Å². The number of ether oxygens (including phenoxy) is 4. The first kappa shape index (κ1) is 18.9. The molecule has 0 aromatic heterocycles. The fraction of sp³-hybridized carbons (Fsp3) is 0.556. The molecule has 1 saturated heterocycles. The van der Waals surface area contributed by atoms with Gasteiger partial charge in [0.05, 0.1) is 20.8 Å². The molecule has 1 aliphatic heterocycles. The minimum Gasteiger partial charge on any atom is -0.497 e. The van der Waals surface area contributed by atoms with Crippen LogP contribution in [0.2, 0.25) is 0 Å². The Morgan fingerprint density at radius 2 is 1.84 bits per heavy atom. The summed E-state index contributed by atoms with van der Waals surface area (Å²) in [5.41, 5.74) is -0.649. The molecule has 1 aromatic rings. The molecule has 1 aliphatic rings. The number of amides is 1. The standard InChI is InChI=1S/C18H25NO6/c1-18(2,3)25-17(21)19-11-14(10-15(19)16(20)23-5)24-13-8-6-7-12(9-13)22-4/h6-9,14-15H,10-11H2,1-5H3/t14-,15-/m1/s1. The highest BCUT2D eigenvalue weighted by molar-refractivity contribution is 5.82. The van der Waals surface area contributed by atoms with E-state index in [0.717, 1.165) is 0 Å². The van der Waals surface area contributed by atoms with Gasteiger partial charge in [0, 0.05) is 12.5 Å². The van der Waals surface area contributed by atoms with E-state index in [0.29, 0.717) is 17.9 Å². The van der Waals surface area contributed by atoms with E-state index >= 15 is 0 Å². The maximum absolute atomic E-state index is 12.4. The second kappa shape index (κ2) is 7.63. The Labute approximate surface area is 147 Å². The van der Waals surface area contributed by atoms with Crippen LogP contribution >= 0.6 is 0 Å². The van der Waals surface area contributed by atoms with Crippen molar-refractivity contribution in [2.24, 2.45) is 0 Å². The Kier molecular flexibility index (Phi) is 5.77. The predicted octanol–water partition coefficient (Wildman–Crippen LogP) is 2.63. The molecule has 0 saturated carbocycles. The number of carbonyl (C=O) groups is 2. The number of rotatable bonds is 4. The van der Waals surface area contributed by atoms with Gasteiger partial charge in [0.1, 0.15) is 29.2 Å². The summed E-state index contributed by atoms with van der Waals surface area (Å²) in [6, 6.07) is 6.45. The third kappa shape index (κ3) is 5.01. The van der Waals surface area contributed by atoms with E-state index in [-0.39, 0.29) is 12.6 Å². The lowest BCUT2D eigenvalue weighted by Crippen LogP contribution is -2.44. The van der Waals surface area contributed by atoms with E-state index in [2.05, 4.69) is 0 Å². The van der Waals surface area contributed by atoms with Gasteiger partial charge in [0.2, 0.25) is 0 Å². The maximum atomic E-state index is 12.4. The van der Waals surface area contributed by atoms with Gasteiger partial charge in [-0.1, -0.05) is 6.07 Å². The first-order chi connectivity index (χ1) is 11.7. The molecule has 2 rings (SSSR count). The highest BCUT2D eigenvalue weighted by Gasteiger charge is 2.43. The first-order valence-electron chi connectivity index (χ1n) is 8.11. The molecule has 0 spiro atoms. The van der Waals surface area contributed by atoms with E-state index in [9.17, 15) is 9.59 Å². The van der Waals surface area contributed by atoms with Gasteiger partial charge in [-0.2, -0.15) is 0 Å². The molecular weight excluding hydrogens is 326 g/mol. The van der Waals surface area contributed by atoms with Crippen molar-refractivity contribution in [2.45, 2.75) is 44.9 Å². The highest BCUT2D eigenvalue weighted by atomic mass is 16.6. The summed E-state index contributed by atoms with van der Waals surface area (Å²) in [7, 11) is 2.87. The monoisotopic (exact) mass is 351 g/mol. The van der Waals surface area contributed by atoms with Crippen molar-refractivity contribution in [3.05, 3.63) is 24.3 Å². The van der Waals surface area contributed by atoms with Crippen molar-refractivity contribution in [3.8, 4) is 11.5 Å². The maximum Gasteiger partial charge on any atom is 0.411 e. The Hall–Kier alpha value is -2.44. The largest absolute Gasteiger partial charge is 0.497 e. The lowest BCUT2D eigenvalue weighted by Gasteiger charge is -2.27. The summed E-state index contributed by atoms with van der Waals surface area (Å²) in [6.07, 6.45) is -0.563. The fourth-order valence-electron chi connectivity index (χ4n) is 2.63. The highest BCUT2D eigenvalue weighted by Crippen LogP contribution is 2.27. The van der Waals surface area contributed by atoms with Gasteiger partial charge in [0.25, 0.3) is 0 Å². The first-order valence-corrected chi connectivity index (χ1v) is 8.11. The minimum atomic E-state index is -0.726. The number of carbonyl (C=O) groups excluding carboxylic acids is 2. The molecule has 0 unspecified atom stereocenters. The Bertz CT molecular complexity index is 624. The molecule has 1 fully saturated rings. The summed E-state index contributed by atoms with van der Waals surface area (Å²) in [5, 5.41) is 0. The van der Waals surface area contributed by atoms with Crippen LogP contribution in [0.3, 0.4) is 0 Å². The van der Waals surface area contributed by atoms with E-state index in [4.69, 9.17) is 18.9 Å². The minimum absolute atomic E-state index is 0.242. The van der Waals surface area contributed by atoms with Crippen LogP contribution in [-0.2, 0) is 14.3 Å². The molecule has 25 heavy (non-hydrogen) atoms. The summed E-state index contributed by atoms with van der Waals surface area (Å²) < 4.78 is 21.3. The van der Waals surface area contributed by atoms with Crippen molar-refractivity contribution in [1.29, 1.82) is 0 Å². The number of benzene rings is 1. The van der Waals surface area contributed by atoms with Crippen molar-refractivity contribution in [2.75, 3.05) is 20.8 Å². The number of nitrogens with zero attached hydrogens (tertiary/aromatic N) is 1. The normalized spacial score (nSPS) is 20.1. The van der Waals surface area contributed by atoms with Gasteiger partial charge in [-0.3, -0.25) is 4.90 Å². The van der Waals surface area contributed by atoms with Crippen LogP contribution in [0.1, 0.15) is 27.2 Å². The number of hydrogen-bond donors (Lipinski definition) is 0. The molecule has 0 radical (unpaired) electrons. The van der Waals surface area contributed by atoms with Gasteiger partial charge < -0.3 is 18.9 Å². The second-order valence-electron chi connectivity index (χ2n) is 6.83. The van der Waals surface area contributed by atoms with E-state index in [1.54, 1.807) is 40.0 Å². The predicted molar refractivity (Wildman–Crippen MR) is 90.8 cm³/mol. The molecule has 7 heteroatoms. The summed E-state index contributed by atoms with van der Waals surface area (Å²) in [5.74, 6) is 0.797. The quantitative estimate of drug-likeness (QED) is 0.777. The number of likely N-dealkylation sites (tertiary alicyclic amines) is 1. The third-order valence-corrected chi connectivity index (χ3v) is 3.71. The molecule has 1 amide bonds. The summed E-state index contributed by atoms with van der Waals surface area (Å²) in [4.78, 5) is 25.8. The molecule has 7 nitrogen and oxygen atoms in total. The Morgan fingerprint density at radius 3 is 2.44 bits per heavy atom. The van der Waals surface area contributed by atoms with Gasteiger partial charge in [-0.15, -0.1) is 0 Å². The van der Waals surface area contributed by atoms with Crippen molar-refractivity contribution in [3.63, 3.8) is 0 Å². The molecule has 138 valence electrons. The lowest BCUT2D eigenvalue weighted by molar-refractivity contribution is -0.145. The lowest BCUT2D eigenvalue weighted by atomic mass is 10.2. The third-order valence-electron chi connectivity index (χ3n) is 3.71. The number of methoxy groups -OCH3 is 2. The van der Waals surface area contributed by atoms with Crippen LogP contribution in [0, 0.1) is 0 Å². The van der Waals surface area contributed by atoms with Gasteiger partial charge in [-0.25, -0.2) is 9.59 Å². The van der Waals surface area contributed by atoms with Crippen LogP contribution in [0.15, 0.2) is 24.3 Å². The van der Waals surface area contributed by atoms with E-state index < -0.39 is 23.7 Å². The average molecular weight is 351 g/mol. The van der Waals surface area contributed by atoms with Gasteiger partial charge in [0.15, 0.2) is 0 Å². The summed E-state index contributed by atoms with van der Waals surface area (Å²) >= 11 is 0. The van der Waals surface area contributed by atoms with Crippen LogP contribution in [-0.4, -0.2) is 55.5 Å². The zero-order valence-corrected chi connectivity index (χ0v) is 15.3. The van der Waals surface area contributed by atoms with Gasteiger partial charge >= 0.3 is 12.1 Å². The molecular formula is C18H25NO6. The van der Waals surface area contributed by atoms with Crippen molar-refractivity contribution < 1.29 is 28.5 Å². The van der Waals surface area contributed by atoms with Crippen LogP contribution in [0.4, 0.5) is 4.79 Å². The van der Waals surface area contributed by atoms with Gasteiger partial charge in [-0.05, 0) is 32.9 Å². The topological polar surface area (TPSA) is 74.3 Å². The molecule has 0 bridgehead atoms. The molecule has 1 aromatic carbocycles. The second-order valence-corrected chi connectivity index (χ2v) is 6.83. The number of esters is 1. The Balaban J connectivity index is 2.11. The molecule has 1 heterocycles. The Morgan fingerprint density at radius 1 is 1.16 bits per heavy atom. The van der Waals surface area contributed by atoms with Crippen LogP contribution < -0.4 is 9.47 Å². The zero-order valence-electron chi connectivity index (χ0n) is 15.3. The number of hydrogen-bond acceptors (Lipinski definition) is 6. The van der Waals surface area contributed by atoms with Crippen LogP contribution in [0.5, 0.6) is 11.5 Å². The summed E-state index contributed by atoms with van der Waals surface area (Å²) in [6.45, 7) is 5.57. The molecule has 2 atom stereocenters. The van der Waals surface area contributed by atoms with E-state index in [1.807, 2.05) is 12.1 Å². The van der Waals surface area contributed by atoms with Crippen molar-refractivity contribution in [1.82, 2.24) is 4.90 Å². The average Bonchev–Trinajstić information content (AvgIpc) is 2.96. The fourth-order valence-corrected chi connectivity index (χ4v) is 2.63. The van der Waals surface area contributed by atoms with Crippen molar-refractivity contribution >= 4 is 12.1 Å². The molecule has 0 N–H and O–H groups in total. The zero-order chi connectivity index (χ0) is 18.6. The molecule has 0 aliphatic carbocycles. The smallest absolute Gasteiger partial charge is 0.411 e.